The van der Waals surface area contributed by atoms with Crippen LogP contribution in [0.3, 0.4) is 0 Å². The molecular weight excluding hydrogens is 216 g/mol. The third-order valence-electron chi connectivity index (χ3n) is 3.18. The van der Waals surface area contributed by atoms with Gasteiger partial charge in [0.2, 0.25) is 0 Å². The van der Waals surface area contributed by atoms with Crippen LogP contribution in [0.25, 0.3) is 0 Å². The van der Waals surface area contributed by atoms with Gasteiger partial charge in [-0.3, -0.25) is 0 Å². The number of rotatable bonds is 2. The monoisotopic (exact) mass is 234 g/mol. The Morgan fingerprint density at radius 3 is 2.88 bits per heavy atom. The molecule has 0 aromatic carbocycles. The minimum Gasteiger partial charge on any atom is -0.477 e. The van der Waals surface area contributed by atoms with E-state index < -0.39 is 5.97 Å². The highest BCUT2D eigenvalue weighted by Crippen LogP contribution is 2.30. The van der Waals surface area contributed by atoms with Gasteiger partial charge in [0.05, 0.1) is 0 Å². The molecule has 0 amide bonds. The lowest BCUT2D eigenvalue weighted by Crippen LogP contribution is -2.40. The van der Waals surface area contributed by atoms with Crippen molar-refractivity contribution in [2.75, 3.05) is 18.0 Å². The molecule has 1 aromatic rings. The molecule has 1 saturated heterocycles. The number of carbonyl (C=O) groups is 1. The molecule has 0 radical (unpaired) electrons. The summed E-state index contributed by atoms with van der Waals surface area (Å²) < 4.78 is 0. The number of nitrogens with zero attached hydrogens (tertiary/aromatic N) is 2. The largest absolute Gasteiger partial charge is 0.477 e. The van der Waals surface area contributed by atoms with Gasteiger partial charge in [-0.15, -0.1) is 0 Å². The third-order valence-corrected chi connectivity index (χ3v) is 3.18. The van der Waals surface area contributed by atoms with Gasteiger partial charge in [0.25, 0.3) is 0 Å². The molecule has 1 fully saturated rings. The first-order valence-electron chi connectivity index (χ1n) is 5.93. The fourth-order valence-electron chi connectivity index (χ4n) is 2.34. The smallest absolute Gasteiger partial charge is 0.354 e. The fourth-order valence-corrected chi connectivity index (χ4v) is 2.34. The van der Waals surface area contributed by atoms with Crippen molar-refractivity contribution >= 4 is 11.8 Å². The van der Waals surface area contributed by atoms with Crippen molar-refractivity contribution in [1.29, 1.82) is 0 Å². The van der Waals surface area contributed by atoms with Crippen molar-refractivity contribution in [2.24, 2.45) is 5.41 Å². The molecule has 4 nitrogen and oxygen atoms in total. The number of hydrogen-bond acceptors (Lipinski definition) is 3. The predicted octanol–water partition coefficient (Wildman–Crippen LogP) is 2.41. The maximum atomic E-state index is 10.9. The van der Waals surface area contributed by atoms with Gasteiger partial charge in [0.1, 0.15) is 5.82 Å². The van der Waals surface area contributed by atoms with Gasteiger partial charge in [-0.1, -0.05) is 19.9 Å². The molecule has 1 N–H and O–H groups in total. The lowest BCUT2D eigenvalue weighted by molar-refractivity contribution is 0.0690. The van der Waals surface area contributed by atoms with E-state index in [1.54, 1.807) is 6.07 Å². The van der Waals surface area contributed by atoms with Gasteiger partial charge in [-0.2, -0.15) is 0 Å². The highest BCUT2D eigenvalue weighted by molar-refractivity contribution is 5.85. The highest BCUT2D eigenvalue weighted by Gasteiger charge is 2.27. The Hall–Kier alpha value is -1.58. The first-order valence-corrected chi connectivity index (χ1v) is 5.93. The van der Waals surface area contributed by atoms with Crippen LogP contribution >= 0.6 is 0 Å². The quantitative estimate of drug-likeness (QED) is 0.853. The lowest BCUT2D eigenvalue weighted by atomic mass is 9.84. The standard InChI is InChI=1S/C13H18N2O2/c1-13(2)7-4-8-15(9-13)11-6-3-5-10(14-11)12(16)17/h3,5-6H,4,7-9H2,1-2H3,(H,16,17). The first-order chi connectivity index (χ1) is 7.98. The molecule has 1 aliphatic heterocycles. The zero-order valence-corrected chi connectivity index (χ0v) is 10.3. The molecule has 0 saturated carbocycles. The predicted molar refractivity (Wildman–Crippen MR) is 66.4 cm³/mol. The van der Waals surface area contributed by atoms with Crippen LogP contribution in [0, 0.1) is 5.41 Å². The number of hydrogen-bond donors (Lipinski definition) is 1. The average molecular weight is 234 g/mol. The van der Waals surface area contributed by atoms with Crippen LogP contribution in [0.4, 0.5) is 5.82 Å². The van der Waals surface area contributed by atoms with Crippen LogP contribution in [-0.2, 0) is 0 Å². The van der Waals surface area contributed by atoms with Gasteiger partial charge < -0.3 is 10.0 Å². The number of carboxylic acid groups (broad SMARTS) is 1. The summed E-state index contributed by atoms with van der Waals surface area (Å²) in [7, 11) is 0. The van der Waals surface area contributed by atoms with Gasteiger partial charge in [-0.25, -0.2) is 9.78 Å². The second-order valence-corrected chi connectivity index (χ2v) is 5.38. The van der Waals surface area contributed by atoms with E-state index in [1.807, 2.05) is 6.07 Å². The Bertz CT molecular complexity index is 429. The van der Waals surface area contributed by atoms with Crippen LogP contribution < -0.4 is 4.90 Å². The summed E-state index contributed by atoms with van der Waals surface area (Å²) in [5, 5.41) is 8.93. The van der Waals surface area contributed by atoms with Crippen molar-refractivity contribution in [2.45, 2.75) is 26.7 Å². The summed E-state index contributed by atoms with van der Waals surface area (Å²) >= 11 is 0. The summed E-state index contributed by atoms with van der Waals surface area (Å²) in [5.74, 6) is -0.194. The SMILES string of the molecule is CC1(C)CCCN(c2cccc(C(=O)O)n2)C1. The second kappa shape index (κ2) is 4.35. The zero-order chi connectivity index (χ0) is 12.5. The van der Waals surface area contributed by atoms with Gasteiger partial charge in [0, 0.05) is 13.1 Å². The van der Waals surface area contributed by atoms with E-state index in [0.29, 0.717) is 0 Å². The van der Waals surface area contributed by atoms with Crippen LogP contribution in [0.2, 0.25) is 0 Å². The molecule has 0 atom stereocenters. The zero-order valence-electron chi connectivity index (χ0n) is 10.3. The van der Waals surface area contributed by atoms with E-state index in [1.165, 1.54) is 12.5 Å². The van der Waals surface area contributed by atoms with Crippen molar-refractivity contribution in [3.8, 4) is 0 Å². The fraction of sp³-hybridized carbons (Fsp3) is 0.538. The summed E-state index contributed by atoms with van der Waals surface area (Å²) in [4.78, 5) is 17.2. The summed E-state index contributed by atoms with van der Waals surface area (Å²) in [6, 6.07) is 5.17. The molecule has 1 aliphatic rings. The molecule has 2 rings (SSSR count). The normalized spacial score (nSPS) is 19.1. The van der Waals surface area contributed by atoms with Gasteiger partial charge in [0.15, 0.2) is 5.69 Å². The number of pyridine rings is 1. The van der Waals surface area contributed by atoms with E-state index in [9.17, 15) is 4.79 Å². The van der Waals surface area contributed by atoms with Crippen LogP contribution in [-0.4, -0.2) is 29.1 Å². The average Bonchev–Trinajstić information content (AvgIpc) is 2.28. The van der Waals surface area contributed by atoms with Crippen molar-refractivity contribution < 1.29 is 9.90 Å². The molecular formula is C13H18N2O2. The molecule has 17 heavy (non-hydrogen) atoms. The minimum absolute atomic E-state index is 0.117. The molecule has 2 heterocycles. The maximum absolute atomic E-state index is 10.9. The van der Waals surface area contributed by atoms with Gasteiger partial charge >= 0.3 is 5.97 Å². The van der Waals surface area contributed by atoms with E-state index in [2.05, 4.69) is 23.7 Å². The molecule has 0 unspecified atom stereocenters. The van der Waals surface area contributed by atoms with Crippen LogP contribution in [0.1, 0.15) is 37.2 Å². The van der Waals surface area contributed by atoms with Crippen LogP contribution in [0.15, 0.2) is 18.2 Å². The van der Waals surface area contributed by atoms with Crippen LogP contribution in [0.5, 0.6) is 0 Å². The highest BCUT2D eigenvalue weighted by atomic mass is 16.4. The van der Waals surface area contributed by atoms with E-state index in [0.717, 1.165) is 25.3 Å². The molecule has 0 aliphatic carbocycles. The molecule has 0 spiro atoms. The minimum atomic E-state index is -0.969. The number of anilines is 1. The molecule has 92 valence electrons. The first kappa shape index (κ1) is 11.9. The van der Waals surface area contributed by atoms with E-state index >= 15 is 0 Å². The van der Waals surface area contributed by atoms with Crippen molar-refractivity contribution in [3.63, 3.8) is 0 Å². The topological polar surface area (TPSA) is 53.4 Å². The van der Waals surface area contributed by atoms with Crippen molar-refractivity contribution in [3.05, 3.63) is 23.9 Å². The Morgan fingerprint density at radius 2 is 2.24 bits per heavy atom. The second-order valence-electron chi connectivity index (χ2n) is 5.38. The number of carboxylic acids is 1. The molecule has 4 heteroatoms. The Kier molecular flexibility index (Phi) is 3.05. The summed E-state index contributed by atoms with van der Waals surface area (Å²) in [6.07, 6.45) is 2.34. The number of piperidine rings is 1. The Balaban J connectivity index is 2.22. The number of aromatic carboxylic acids is 1. The van der Waals surface area contributed by atoms with Crippen molar-refractivity contribution in [1.82, 2.24) is 4.98 Å². The Labute approximate surface area is 101 Å². The third kappa shape index (κ3) is 2.75. The van der Waals surface area contributed by atoms with E-state index in [-0.39, 0.29) is 11.1 Å². The molecule has 1 aromatic heterocycles. The van der Waals surface area contributed by atoms with Gasteiger partial charge in [-0.05, 0) is 30.4 Å². The Morgan fingerprint density at radius 1 is 1.47 bits per heavy atom. The lowest BCUT2D eigenvalue weighted by Gasteiger charge is -2.38. The van der Waals surface area contributed by atoms with E-state index in [4.69, 9.17) is 5.11 Å². The number of aromatic nitrogens is 1. The molecule has 0 bridgehead atoms. The maximum Gasteiger partial charge on any atom is 0.354 e. The summed E-state index contributed by atoms with van der Waals surface area (Å²) in [6.45, 7) is 6.36. The summed E-state index contributed by atoms with van der Waals surface area (Å²) in [5.41, 5.74) is 0.393.